The van der Waals surface area contributed by atoms with Gasteiger partial charge in [0.25, 0.3) is 11.5 Å². The minimum atomic E-state index is -0.672. The third-order valence-corrected chi connectivity index (χ3v) is 3.06. The van der Waals surface area contributed by atoms with E-state index in [1.54, 1.807) is 12.1 Å². The van der Waals surface area contributed by atoms with E-state index >= 15 is 0 Å². The van der Waals surface area contributed by atoms with Crippen molar-refractivity contribution in [2.75, 3.05) is 5.32 Å². The van der Waals surface area contributed by atoms with Crippen LogP contribution in [-0.4, -0.2) is 21.8 Å². The van der Waals surface area contributed by atoms with Crippen LogP contribution in [0.1, 0.15) is 21.6 Å². The molecule has 0 fully saturated rings. The number of primary amides is 1. The summed E-state index contributed by atoms with van der Waals surface area (Å²) < 4.78 is 0. The molecule has 0 saturated heterocycles. The van der Waals surface area contributed by atoms with Crippen LogP contribution in [0.2, 0.25) is 0 Å². The van der Waals surface area contributed by atoms with Crippen molar-refractivity contribution >= 4 is 17.5 Å². The van der Waals surface area contributed by atoms with E-state index in [0.29, 0.717) is 5.69 Å². The highest BCUT2D eigenvalue weighted by molar-refractivity contribution is 6.03. The normalized spacial score (nSPS) is 10.2. The Kier molecular flexibility index (Phi) is 4.21. The summed E-state index contributed by atoms with van der Waals surface area (Å²) in [5.41, 5.74) is 4.85. The summed E-state index contributed by atoms with van der Waals surface area (Å²) in [6.45, 7) is 1.52. The maximum absolute atomic E-state index is 12.0. The van der Waals surface area contributed by atoms with E-state index in [-0.39, 0.29) is 23.2 Å². The van der Waals surface area contributed by atoms with E-state index in [1.807, 2.05) is 0 Å². The van der Waals surface area contributed by atoms with Crippen molar-refractivity contribution in [3.63, 3.8) is 0 Å². The molecule has 0 spiro atoms. The van der Waals surface area contributed by atoms with Crippen LogP contribution in [-0.2, 0) is 11.2 Å². The van der Waals surface area contributed by atoms with E-state index in [0.717, 1.165) is 0 Å². The van der Waals surface area contributed by atoms with Gasteiger partial charge in [0.1, 0.15) is 0 Å². The summed E-state index contributed by atoms with van der Waals surface area (Å²) in [5, 5.41) is 2.52. The molecule has 1 aromatic heterocycles. The number of anilines is 1. The topological polar surface area (TPSA) is 138 Å². The minimum Gasteiger partial charge on any atom is -0.366 e. The second kappa shape index (κ2) is 6.08. The average Bonchev–Trinajstić information content (AvgIpc) is 2.43. The minimum absolute atomic E-state index is 0.147. The first-order valence-corrected chi connectivity index (χ1v) is 6.39. The van der Waals surface area contributed by atoms with Crippen LogP contribution >= 0.6 is 0 Å². The number of nitrogens with two attached hydrogens (primary N) is 1. The van der Waals surface area contributed by atoms with Gasteiger partial charge in [-0.15, -0.1) is 0 Å². The first kappa shape index (κ1) is 15.2. The van der Waals surface area contributed by atoms with E-state index in [2.05, 4.69) is 15.3 Å². The molecule has 0 aliphatic carbocycles. The molecule has 1 aromatic carbocycles. The molecule has 0 unspecified atom stereocenters. The lowest BCUT2D eigenvalue weighted by Gasteiger charge is -2.09. The number of hydrogen-bond donors (Lipinski definition) is 4. The van der Waals surface area contributed by atoms with Gasteiger partial charge in [0, 0.05) is 11.3 Å². The highest BCUT2D eigenvalue weighted by Gasteiger charge is 2.14. The summed E-state index contributed by atoms with van der Waals surface area (Å²) in [5.74, 6) is -1.18. The Morgan fingerprint density at radius 3 is 2.50 bits per heavy atom. The zero-order valence-corrected chi connectivity index (χ0v) is 11.7. The third kappa shape index (κ3) is 3.29. The van der Waals surface area contributed by atoms with Crippen molar-refractivity contribution < 1.29 is 9.59 Å². The van der Waals surface area contributed by atoms with Crippen LogP contribution in [0, 0.1) is 6.92 Å². The van der Waals surface area contributed by atoms with Gasteiger partial charge in [-0.2, -0.15) is 0 Å². The molecule has 8 nitrogen and oxygen atoms in total. The second-order valence-corrected chi connectivity index (χ2v) is 4.65. The molecule has 0 atom stereocenters. The number of H-pyrrole nitrogens is 2. The molecule has 8 heteroatoms. The van der Waals surface area contributed by atoms with E-state index < -0.39 is 23.1 Å². The number of nitrogens with one attached hydrogen (secondary N) is 3. The maximum atomic E-state index is 12.0. The molecule has 0 saturated carbocycles. The molecular formula is C14H14N4O4. The first-order valence-electron chi connectivity index (χ1n) is 6.39. The Labute approximate surface area is 124 Å². The van der Waals surface area contributed by atoms with Crippen LogP contribution < -0.4 is 22.3 Å². The number of aryl methyl sites for hydroxylation is 1. The molecule has 1 heterocycles. The van der Waals surface area contributed by atoms with Gasteiger partial charge in [-0.3, -0.25) is 19.4 Å². The number of rotatable bonds is 4. The fourth-order valence-corrected chi connectivity index (χ4v) is 2.00. The van der Waals surface area contributed by atoms with Gasteiger partial charge in [-0.05, 0) is 19.1 Å². The number of hydrogen-bond acceptors (Lipinski definition) is 4. The molecule has 0 aliphatic heterocycles. The van der Waals surface area contributed by atoms with Gasteiger partial charge in [0.2, 0.25) is 5.91 Å². The van der Waals surface area contributed by atoms with Crippen LogP contribution in [0.3, 0.4) is 0 Å². The third-order valence-electron chi connectivity index (χ3n) is 3.06. The van der Waals surface area contributed by atoms with Crippen molar-refractivity contribution in [1.29, 1.82) is 0 Å². The summed E-state index contributed by atoms with van der Waals surface area (Å²) in [6, 6.07) is 6.27. The van der Waals surface area contributed by atoms with Gasteiger partial charge < -0.3 is 16.0 Å². The summed E-state index contributed by atoms with van der Waals surface area (Å²) in [7, 11) is 0. The Balaban J connectivity index is 2.24. The van der Waals surface area contributed by atoms with Gasteiger partial charge in [0.15, 0.2) is 0 Å². The van der Waals surface area contributed by atoms with Crippen molar-refractivity contribution in [3.8, 4) is 0 Å². The van der Waals surface area contributed by atoms with Gasteiger partial charge in [-0.25, -0.2) is 4.79 Å². The number of aromatic amines is 2. The van der Waals surface area contributed by atoms with Crippen molar-refractivity contribution in [3.05, 3.63) is 61.9 Å². The number of amides is 2. The molecule has 2 rings (SSSR count). The molecule has 0 bridgehead atoms. The lowest BCUT2D eigenvalue weighted by atomic mass is 10.1. The summed E-state index contributed by atoms with van der Waals surface area (Å²) in [4.78, 5) is 50.6. The predicted molar refractivity (Wildman–Crippen MR) is 79.7 cm³/mol. The van der Waals surface area contributed by atoms with E-state index in [4.69, 9.17) is 5.73 Å². The van der Waals surface area contributed by atoms with Crippen molar-refractivity contribution in [2.24, 2.45) is 5.73 Å². The molecule has 114 valence electrons. The Bertz CT molecular complexity index is 850. The lowest BCUT2D eigenvalue weighted by Crippen LogP contribution is -2.30. The standard InChI is InChI=1S/C14H14N4O4/c1-7-9(13(21)18-14(22)16-7)6-11(19)17-10-5-3-2-4-8(10)12(15)20/h2-5H,6H2,1H3,(H2,15,20)(H,17,19)(H2,16,18,21,22). The summed E-state index contributed by atoms with van der Waals surface area (Å²) >= 11 is 0. The van der Waals surface area contributed by atoms with Crippen molar-refractivity contribution in [2.45, 2.75) is 13.3 Å². The quantitative estimate of drug-likeness (QED) is 0.613. The molecule has 5 N–H and O–H groups in total. The van der Waals surface area contributed by atoms with Crippen molar-refractivity contribution in [1.82, 2.24) is 9.97 Å². The number of benzene rings is 1. The average molecular weight is 302 g/mol. The number of carbonyl (C=O) groups excluding carboxylic acids is 2. The Morgan fingerprint density at radius 1 is 1.18 bits per heavy atom. The predicted octanol–water partition coefficient (Wildman–Crippen LogP) is -0.348. The fraction of sp³-hybridized carbons (Fsp3) is 0.143. The fourth-order valence-electron chi connectivity index (χ4n) is 2.00. The summed E-state index contributed by atoms with van der Waals surface area (Å²) in [6.07, 6.45) is -0.245. The van der Waals surface area contributed by atoms with E-state index in [1.165, 1.54) is 19.1 Å². The molecule has 2 aromatic rings. The van der Waals surface area contributed by atoms with E-state index in [9.17, 15) is 19.2 Å². The molecule has 2 amide bonds. The molecular weight excluding hydrogens is 288 g/mol. The number of para-hydroxylation sites is 1. The first-order chi connectivity index (χ1) is 10.4. The van der Waals surface area contributed by atoms with Crippen LogP contribution in [0.15, 0.2) is 33.9 Å². The molecule has 0 radical (unpaired) electrons. The van der Waals surface area contributed by atoms with Crippen LogP contribution in [0.25, 0.3) is 0 Å². The SMILES string of the molecule is Cc1[nH]c(=O)[nH]c(=O)c1CC(=O)Nc1ccccc1C(N)=O. The highest BCUT2D eigenvalue weighted by Crippen LogP contribution is 2.14. The maximum Gasteiger partial charge on any atom is 0.325 e. The monoisotopic (exact) mass is 302 g/mol. The second-order valence-electron chi connectivity index (χ2n) is 4.65. The Hall–Kier alpha value is -3.16. The molecule has 0 aliphatic rings. The lowest BCUT2D eigenvalue weighted by molar-refractivity contribution is -0.115. The number of aromatic nitrogens is 2. The van der Waals surface area contributed by atoms with Gasteiger partial charge in [-0.1, -0.05) is 12.1 Å². The zero-order chi connectivity index (χ0) is 16.3. The zero-order valence-electron chi connectivity index (χ0n) is 11.7. The molecule has 22 heavy (non-hydrogen) atoms. The Morgan fingerprint density at radius 2 is 1.86 bits per heavy atom. The smallest absolute Gasteiger partial charge is 0.325 e. The van der Waals surface area contributed by atoms with Crippen LogP contribution in [0.4, 0.5) is 5.69 Å². The van der Waals surface area contributed by atoms with Crippen LogP contribution in [0.5, 0.6) is 0 Å². The van der Waals surface area contributed by atoms with Gasteiger partial charge in [0.05, 0.1) is 17.7 Å². The highest BCUT2D eigenvalue weighted by atomic mass is 16.2. The number of carbonyl (C=O) groups is 2. The van der Waals surface area contributed by atoms with Gasteiger partial charge >= 0.3 is 5.69 Å². The largest absolute Gasteiger partial charge is 0.366 e.